The van der Waals surface area contributed by atoms with Crippen LogP contribution in [0, 0.1) is 0 Å². The highest BCUT2D eigenvalue weighted by molar-refractivity contribution is 5.91. The molecular formula is C15H19N3O2. The van der Waals surface area contributed by atoms with Crippen molar-refractivity contribution in [3.05, 3.63) is 35.4 Å². The van der Waals surface area contributed by atoms with Crippen molar-refractivity contribution in [1.29, 1.82) is 0 Å². The second kappa shape index (κ2) is 5.88. The molecule has 2 N–H and O–H groups in total. The standard InChI is InChI=1S/C15H19N3O2/c1-10(2)11-4-6-12(7-5-11)14-13(8-19)15(16)18(17-14)9-20-3/h4-8,10H,9,16H2,1-3H3. The summed E-state index contributed by atoms with van der Waals surface area (Å²) in [4.78, 5) is 11.2. The number of ether oxygens (including phenoxy) is 1. The normalized spacial score (nSPS) is 11.0. The van der Waals surface area contributed by atoms with E-state index in [9.17, 15) is 4.79 Å². The second-order valence-electron chi connectivity index (χ2n) is 4.96. The number of anilines is 1. The van der Waals surface area contributed by atoms with E-state index in [1.807, 2.05) is 24.3 Å². The Morgan fingerprint density at radius 3 is 2.50 bits per heavy atom. The summed E-state index contributed by atoms with van der Waals surface area (Å²) in [5.41, 5.74) is 9.01. The Hall–Kier alpha value is -2.14. The van der Waals surface area contributed by atoms with Crippen LogP contribution in [0.4, 0.5) is 5.82 Å². The maximum absolute atomic E-state index is 11.2. The van der Waals surface area contributed by atoms with E-state index in [0.29, 0.717) is 23.0 Å². The van der Waals surface area contributed by atoms with E-state index in [1.165, 1.54) is 10.2 Å². The van der Waals surface area contributed by atoms with Crippen molar-refractivity contribution in [2.45, 2.75) is 26.5 Å². The van der Waals surface area contributed by atoms with Gasteiger partial charge in [-0.3, -0.25) is 4.79 Å². The molecule has 106 valence electrons. The number of carbonyl (C=O) groups is 1. The third kappa shape index (κ3) is 2.58. The molecule has 1 aromatic carbocycles. The van der Waals surface area contributed by atoms with Crippen LogP contribution >= 0.6 is 0 Å². The summed E-state index contributed by atoms with van der Waals surface area (Å²) in [6.07, 6.45) is 0.736. The van der Waals surface area contributed by atoms with E-state index in [4.69, 9.17) is 10.5 Å². The Bertz CT molecular complexity index is 600. The first-order chi connectivity index (χ1) is 9.58. The first kappa shape index (κ1) is 14.3. The summed E-state index contributed by atoms with van der Waals surface area (Å²) in [7, 11) is 1.55. The average molecular weight is 273 g/mol. The van der Waals surface area contributed by atoms with Gasteiger partial charge in [0.25, 0.3) is 0 Å². The second-order valence-corrected chi connectivity index (χ2v) is 4.96. The molecule has 0 saturated heterocycles. The molecule has 5 nitrogen and oxygen atoms in total. The first-order valence-corrected chi connectivity index (χ1v) is 6.49. The largest absolute Gasteiger partial charge is 0.383 e. The molecule has 0 radical (unpaired) electrons. The molecule has 0 amide bonds. The van der Waals surface area contributed by atoms with E-state index in [2.05, 4.69) is 18.9 Å². The van der Waals surface area contributed by atoms with Crippen molar-refractivity contribution in [1.82, 2.24) is 9.78 Å². The lowest BCUT2D eigenvalue weighted by Crippen LogP contribution is -2.06. The average Bonchev–Trinajstić information content (AvgIpc) is 2.76. The van der Waals surface area contributed by atoms with Crippen LogP contribution in [0.5, 0.6) is 0 Å². The number of nitrogens with zero attached hydrogens (tertiary/aromatic N) is 2. The number of nitrogen functional groups attached to an aromatic ring is 1. The molecule has 2 rings (SSSR count). The Kier molecular flexibility index (Phi) is 4.20. The lowest BCUT2D eigenvalue weighted by Gasteiger charge is -2.05. The van der Waals surface area contributed by atoms with Gasteiger partial charge in [0.2, 0.25) is 0 Å². The lowest BCUT2D eigenvalue weighted by molar-refractivity contribution is 0.112. The highest BCUT2D eigenvalue weighted by atomic mass is 16.5. The maximum Gasteiger partial charge on any atom is 0.156 e. The molecule has 0 unspecified atom stereocenters. The quantitative estimate of drug-likeness (QED) is 0.850. The van der Waals surface area contributed by atoms with Crippen molar-refractivity contribution in [2.24, 2.45) is 0 Å². The van der Waals surface area contributed by atoms with Gasteiger partial charge < -0.3 is 10.5 Å². The fourth-order valence-electron chi connectivity index (χ4n) is 2.06. The predicted molar refractivity (Wildman–Crippen MR) is 78.6 cm³/mol. The van der Waals surface area contributed by atoms with Crippen LogP contribution in [-0.2, 0) is 11.5 Å². The summed E-state index contributed by atoms with van der Waals surface area (Å²) in [5.74, 6) is 0.787. The number of carbonyl (C=O) groups excluding carboxylic acids is 1. The van der Waals surface area contributed by atoms with E-state index in [-0.39, 0.29) is 6.73 Å². The van der Waals surface area contributed by atoms with Crippen molar-refractivity contribution >= 4 is 12.1 Å². The lowest BCUT2D eigenvalue weighted by atomic mass is 10.00. The number of nitrogens with two attached hydrogens (primary N) is 1. The minimum atomic E-state index is 0.219. The minimum absolute atomic E-state index is 0.219. The highest BCUT2D eigenvalue weighted by Crippen LogP contribution is 2.27. The zero-order valence-corrected chi connectivity index (χ0v) is 12.0. The molecule has 1 heterocycles. The van der Waals surface area contributed by atoms with Gasteiger partial charge in [0.15, 0.2) is 6.29 Å². The summed E-state index contributed by atoms with van der Waals surface area (Å²) < 4.78 is 6.49. The van der Waals surface area contributed by atoms with Gasteiger partial charge in [-0.2, -0.15) is 5.10 Å². The molecule has 0 aliphatic rings. The van der Waals surface area contributed by atoms with Crippen molar-refractivity contribution in [3.63, 3.8) is 0 Å². The smallest absolute Gasteiger partial charge is 0.156 e. The number of hydrogen-bond donors (Lipinski definition) is 1. The third-order valence-electron chi connectivity index (χ3n) is 3.25. The van der Waals surface area contributed by atoms with Crippen LogP contribution in [-0.4, -0.2) is 23.2 Å². The van der Waals surface area contributed by atoms with Crippen LogP contribution in [0.1, 0.15) is 35.7 Å². The summed E-state index contributed by atoms with van der Waals surface area (Å²) >= 11 is 0. The number of methoxy groups -OCH3 is 1. The van der Waals surface area contributed by atoms with Gasteiger partial charge in [0.05, 0.1) is 5.56 Å². The molecule has 0 fully saturated rings. The number of hydrogen-bond acceptors (Lipinski definition) is 4. The van der Waals surface area contributed by atoms with Gasteiger partial charge >= 0.3 is 0 Å². The van der Waals surface area contributed by atoms with E-state index in [0.717, 1.165) is 11.8 Å². The molecule has 0 bridgehead atoms. The molecule has 2 aromatic rings. The van der Waals surface area contributed by atoms with E-state index in [1.54, 1.807) is 7.11 Å². The zero-order valence-electron chi connectivity index (χ0n) is 12.0. The number of aromatic nitrogens is 2. The summed E-state index contributed by atoms with van der Waals surface area (Å²) in [6, 6.07) is 8.00. The van der Waals surface area contributed by atoms with Crippen LogP contribution < -0.4 is 5.73 Å². The zero-order chi connectivity index (χ0) is 14.7. The van der Waals surface area contributed by atoms with Gasteiger partial charge in [-0.1, -0.05) is 38.1 Å². The third-order valence-corrected chi connectivity index (χ3v) is 3.25. The van der Waals surface area contributed by atoms with Gasteiger partial charge in [-0.05, 0) is 11.5 Å². The Balaban J connectivity index is 2.46. The molecule has 0 atom stereocenters. The number of rotatable bonds is 5. The first-order valence-electron chi connectivity index (χ1n) is 6.49. The predicted octanol–water partition coefficient (Wildman–Crippen LogP) is 2.67. The molecule has 0 aliphatic heterocycles. The van der Waals surface area contributed by atoms with Gasteiger partial charge in [-0.25, -0.2) is 4.68 Å². The van der Waals surface area contributed by atoms with Crippen LogP contribution in [0.2, 0.25) is 0 Å². The molecule has 5 heteroatoms. The van der Waals surface area contributed by atoms with Gasteiger partial charge in [0.1, 0.15) is 18.2 Å². The van der Waals surface area contributed by atoms with Crippen molar-refractivity contribution in [3.8, 4) is 11.3 Å². The molecule has 1 aromatic heterocycles. The molecular weight excluding hydrogens is 254 g/mol. The van der Waals surface area contributed by atoms with Crippen molar-refractivity contribution < 1.29 is 9.53 Å². The Morgan fingerprint density at radius 2 is 2.00 bits per heavy atom. The summed E-state index contributed by atoms with van der Waals surface area (Å²) in [6.45, 7) is 4.49. The van der Waals surface area contributed by atoms with E-state index >= 15 is 0 Å². The monoisotopic (exact) mass is 273 g/mol. The Labute approximate surface area is 118 Å². The molecule has 20 heavy (non-hydrogen) atoms. The maximum atomic E-state index is 11.2. The van der Waals surface area contributed by atoms with Gasteiger partial charge in [-0.15, -0.1) is 0 Å². The fourth-order valence-corrected chi connectivity index (χ4v) is 2.06. The van der Waals surface area contributed by atoms with Gasteiger partial charge in [0, 0.05) is 12.7 Å². The SMILES string of the molecule is COCn1nc(-c2ccc(C(C)C)cc2)c(C=O)c1N. The minimum Gasteiger partial charge on any atom is -0.383 e. The summed E-state index contributed by atoms with van der Waals surface area (Å²) in [5, 5.41) is 4.35. The highest BCUT2D eigenvalue weighted by Gasteiger charge is 2.16. The number of aldehydes is 1. The molecule has 0 saturated carbocycles. The van der Waals surface area contributed by atoms with Crippen molar-refractivity contribution in [2.75, 3.05) is 12.8 Å². The Morgan fingerprint density at radius 1 is 1.35 bits per heavy atom. The topological polar surface area (TPSA) is 70.1 Å². The number of benzene rings is 1. The van der Waals surface area contributed by atoms with Crippen LogP contribution in [0.3, 0.4) is 0 Å². The van der Waals surface area contributed by atoms with Crippen LogP contribution in [0.15, 0.2) is 24.3 Å². The fraction of sp³-hybridized carbons (Fsp3) is 0.333. The molecule has 0 aliphatic carbocycles. The van der Waals surface area contributed by atoms with Crippen LogP contribution in [0.25, 0.3) is 11.3 Å². The molecule has 0 spiro atoms. The van der Waals surface area contributed by atoms with E-state index < -0.39 is 0 Å².